The van der Waals surface area contributed by atoms with Crippen molar-refractivity contribution in [2.45, 2.75) is 6.61 Å². The monoisotopic (exact) mass is 312 g/mol. The lowest BCUT2D eigenvalue weighted by atomic mass is 10.1. The number of ether oxygens (including phenoxy) is 1. The van der Waals surface area contributed by atoms with E-state index in [0.717, 1.165) is 16.9 Å². The molecule has 0 aliphatic carbocycles. The molecular formula is C22H16O2. The summed E-state index contributed by atoms with van der Waals surface area (Å²) in [5, 5.41) is 0. The van der Waals surface area contributed by atoms with E-state index in [1.54, 1.807) is 12.1 Å². The molecule has 0 unspecified atom stereocenters. The summed E-state index contributed by atoms with van der Waals surface area (Å²) in [4.78, 5) is 12.0. The first-order chi connectivity index (χ1) is 11.8. The van der Waals surface area contributed by atoms with E-state index >= 15 is 0 Å². The summed E-state index contributed by atoms with van der Waals surface area (Å²) in [5.74, 6) is 6.12. The molecule has 0 radical (unpaired) electrons. The van der Waals surface area contributed by atoms with Crippen LogP contribution in [-0.4, -0.2) is 5.78 Å². The van der Waals surface area contributed by atoms with Crippen LogP contribution in [0.3, 0.4) is 0 Å². The summed E-state index contributed by atoms with van der Waals surface area (Å²) in [7, 11) is 0. The standard InChI is InChI=1S/C22H16O2/c23-22(20-11-5-2-6-12-20)15-14-18-10-7-13-21(16-18)24-17-19-8-3-1-4-9-19/h1-13,16H,17H2. The van der Waals surface area contributed by atoms with Crippen LogP contribution in [0, 0.1) is 11.8 Å². The molecule has 0 aromatic heterocycles. The topological polar surface area (TPSA) is 26.3 Å². The molecule has 0 saturated carbocycles. The number of Topliss-reactive ketones (excluding diaryl/α,β-unsaturated/α-hetero) is 1. The van der Waals surface area contributed by atoms with Crippen molar-refractivity contribution in [3.05, 3.63) is 102 Å². The van der Waals surface area contributed by atoms with Crippen molar-refractivity contribution in [3.63, 3.8) is 0 Å². The maximum Gasteiger partial charge on any atom is 0.236 e. The number of rotatable bonds is 4. The van der Waals surface area contributed by atoms with Gasteiger partial charge in [0.25, 0.3) is 0 Å². The first kappa shape index (κ1) is 15.6. The van der Waals surface area contributed by atoms with E-state index in [1.165, 1.54) is 0 Å². The van der Waals surface area contributed by atoms with Gasteiger partial charge in [-0.05, 0) is 29.7 Å². The molecule has 0 amide bonds. The van der Waals surface area contributed by atoms with Crippen molar-refractivity contribution < 1.29 is 9.53 Å². The van der Waals surface area contributed by atoms with Crippen LogP contribution < -0.4 is 4.74 Å². The number of carbonyl (C=O) groups is 1. The highest BCUT2D eigenvalue weighted by atomic mass is 16.5. The van der Waals surface area contributed by atoms with Crippen molar-refractivity contribution >= 4 is 5.78 Å². The summed E-state index contributed by atoms with van der Waals surface area (Å²) in [6.45, 7) is 0.501. The zero-order valence-corrected chi connectivity index (χ0v) is 13.1. The molecule has 0 aliphatic heterocycles. The molecule has 2 nitrogen and oxygen atoms in total. The zero-order chi connectivity index (χ0) is 16.6. The quantitative estimate of drug-likeness (QED) is 0.524. The fourth-order valence-corrected chi connectivity index (χ4v) is 2.20. The Bertz CT molecular complexity index is 872. The molecule has 3 rings (SSSR count). The SMILES string of the molecule is O=C(C#Cc1cccc(OCc2ccccc2)c1)c1ccccc1. The summed E-state index contributed by atoms with van der Waals surface area (Å²) in [6.07, 6.45) is 0. The second kappa shape index (κ2) is 7.80. The molecule has 3 aromatic carbocycles. The van der Waals surface area contributed by atoms with Gasteiger partial charge in [0.15, 0.2) is 0 Å². The summed E-state index contributed by atoms with van der Waals surface area (Å²) >= 11 is 0. The second-order valence-corrected chi connectivity index (χ2v) is 5.25. The number of ketones is 1. The van der Waals surface area contributed by atoms with Crippen LogP contribution in [0.1, 0.15) is 21.5 Å². The van der Waals surface area contributed by atoms with Gasteiger partial charge in [-0.3, -0.25) is 4.79 Å². The average Bonchev–Trinajstić information content (AvgIpc) is 2.66. The van der Waals surface area contributed by atoms with Crippen molar-refractivity contribution in [3.8, 4) is 17.6 Å². The Morgan fingerprint density at radius 1 is 0.833 bits per heavy atom. The Morgan fingerprint density at radius 3 is 2.29 bits per heavy atom. The first-order valence-electron chi connectivity index (χ1n) is 7.69. The fourth-order valence-electron chi connectivity index (χ4n) is 2.20. The lowest BCUT2D eigenvalue weighted by molar-refractivity contribution is 0.105. The van der Waals surface area contributed by atoms with Crippen LogP contribution in [0.4, 0.5) is 0 Å². The minimum Gasteiger partial charge on any atom is -0.489 e. The number of hydrogen-bond donors (Lipinski definition) is 0. The van der Waals surface area contributed by atoms with E-state index in [4.69, 9.17) is 4.74 Å². The van der Waals surface area contributed by atoms with Gasteiger partial charge in [0.2, 0.25) is 5.78 Å². The van der Waals surface area contributed by atoms with E-state index in [-0.39, 0.29) is 5.78 Å². The largest absolute Gasteiger partial charge is 0.489 e. The van der Waals surface area contributed by atoms with E-state index in [1.807, 2.05) is 72.8 Å². The molecule has 0 aliphatic rings. The van der Waals surface area contributed by atoms with Gasteiger partial charge >= 0.3 is 0 Å². The van der Waals surface area contributed by atoms with E-state index < -0.39 is 0 Å². The highest BCUT2D eigenvalue weighted by molar-refractivity contribution is 6.09. The molecule has 0 heterocycles. The minimum absolute atomic E-state index is 0.189. The van der Waals surface area contributed by atoms with Gasteiger partial charge in [-0.25, -0.2) is 0 Å². The van der Waals surface area contributed by atoms with Gasteiger partial charge < -0.3 is 4.74 Å². The van der Waals surface area contributed by atoms with Crippen molar-refractivity contribution in [2.24, 2.45) is 0 Å². The maximum atomic E-state index is 12.0. The Labute approximate surface area is 141 Å². The lowest BCUT2D eigenvalue weighted by Gasteiger charge is -2.06. The highest BCUT2D eigenvalue weighted by Gasteiger charge is 2.00. The predicted octanol–water partition coefficient (Wildman–Crippen LogP) is 4.50. The fraction of sp³-hybridized carbons (Fsp3) is 0.0455. The van der Waals surface area contributed by atoms with Crippen LogP contribution in [0.2, 0.25) is 0 Å². The van der Waals surface area contributed by atoms with Crippen LogP contribution in [0.25, 0.3) is 0 Å². The highest BCUT2D eigenvalue weighted by Crippen LogP contribution is 2.14. The Hall–Kier alpha value is -3.31. The van der Waals surface area contributed by atoms with Crippen LogP contribution in [0.5, 0.6) is 5.75 Å². The lowest BCUT2D eigenvalue weighted by Crippen LogP contribution is -1.95. The van der Waals surface area contributed by atoms with E-state index in [0.29, 0.717) is 12.2 Å². The molecule has 0 N–H and O–H groups in total. The molecule has 0 bridgehead atoms. The molecule has 24 heavy (non-hydrogen) atoms. The Kier molecular flexibility index (Phi) is 5.07. The minimum atomic E-state index is -0.189. The van der Waals surface area contributed by atoms with Crippen LogP contribution in [-0.2, 0) is 6.61 Å². The average molecular weight is 312 g/mol. The molecule has 0 atom stereocenters. The Balaban J connectivity index is 1.68. The molecule has 0 spiro atoms. The molecular weight excluding hydrogens is 296 g/mol. The summed E-state index contributed by atoms with van der Waals surface area (Å²) < 4.78 is 5.77. The third-order valence-corrected chi connectivity index (χ3v) is 3.44. The van der Waals surface area contributed by atoms with E-state index in [9.17, 15) is 4.79 Å². The predicted molar refractivity (Wildman–Crippen MR) is 94.9 cm³/mol. The number of benzene rings is 3. The molecule has 0 saturated heterocycles. The normalized spacial score (nSPS) is 9.67. The third kappa shape index (κ3) is 4.34. The van der Waals surface area contributed by atoms with Gasteiger partial charge in [0.1, 0.15) is 12.4 Å². The first-order valence-corrected chi connectivity index (χ1v) is 7.69. The Morgan fingerprint density at radius 2 is 1.54 bits per heavy atom. The van der Waals surface area contributed by atoms with Crippen molar-refractivity contribution in [2.75, 3.05) is 0 Å². The van der Waals surface area contributed by atoms with Gasteiger partial charge in [-0.2, -0.15) is 0 Å². The summed E-state index contributed by atoms with van der Waals surface area (Å²) in [6, 6.07) is 26.5. The summed E-state index contributed by atoms with van der Waals surface area (Å²) in [5.41, 5.74) is 2.46. The van der Waals surface area contributed by atoms with E-state index in [2.05, 4.69) is 11.8 Å². The van der Waals surface area contributed by atoms with Gasteiger partial charge in [-0.15, -0.1) is 0 Å². The second-order valence-electron chi connectivity index (χ2n) is 5.25. The van der Waals surface area contributed by atoms with Crippen molar-refractivity contribution in [1.82, 2.24) is 0 Å². The van der Waals surface area contributed by atoms with Crippen LogP contribution >= 0.6 is 0 Å². The van der Waals surface area contributed by atoms with Crippen LogP contribution in [0.15, 0.2) is 84.9 Å². The molecule has 0 fully saturated rings. The maximum absolute atomic E-state index is 12.0. The molecule has 2 heteroatoms. The van der Waals surface area contributed by atoms with Crippen molar-refractivity contribution in [1.29, 1.82) is 0 Å². The number of hydrogen-bond acceptors (Lipinski definition) is 2. The van der Waals surface area contributed by atoms with Gasteiger partial charge in [0, 0.05) is 11.1 Å². The zero-order valence-electron chi connectivity index (χ0n) is 13.1. The van der Waals surface area contributed by atoms with Gasteiger partial charge in [0.05, 0.1) is 0 Å². The van der Waals surface area contributed by atoms with Gasteiger partial charge in [-0.1, -0.05) is 72.7 Å². The molecule has 3 aromatic rings. The number of carbonyl (C=O) groups excluding carboxylic acids is 1. The third-order valence-electron chi connectivity index (χ3n) is 3.44. The molecule has 116 valence electrons. The smallest absolute Gasteiger partial charge is 0.236 e.